The van der Waals surface area contributed by atoms with Crippen molar-refractivity contribution in [3.05, 3.63) is 59.4 Å². The number of hydrogen-bond acceptors (Lipinski definition) is 9. The molecule has 1 aromatic heterocycles. The molecule has 176 valence electrons. The molecule has 2 heterocycles. The van der Waals surface area contributed by atoms with Crippen molar-refractivity contribution in [2.75, 3.05) is 25.0 Å². The van der Waals surface area contributed by atoms with Crippen LogP contribution in [0.25, 0.3) is 0 Å². The summed E-state index contributed by atoms with van der Waals surface area (Å²) >= 11 is 1.18. The monoisotopic (exact) mass is 483 g/mol. The summed E-state index contributed by atoms with van der Waals surface area (Å²) in [4.78, 5) is 36.7. The van der Waals surface area contributed by atoms with Crippen LogP contribution in [-0.4, -0.2) is 52.2 Å². The number of benzene rings is 2. The van der Waals surface area contributed by atoms with Gasteiger partial charge >= 0.3 is 5.97 Å². The van der Waals surface area contributed by atoms with Gasteiger partial charge < -0.3 is 29.4 Å². The van der Waals surface area contributed by atoms with Gasteiger partial charge in [-0.05, 0) is 30.3 Å². The predicted molar refractivity (Wildman–Crippen MR) is 122 cm³/mol. The molecule has 0 saturated heterocycles. The molecule has 2 aromatic carbocycles. The first-order chi connectivity index (χ1) is 16.5. The van der Waals surface area contributed by atoms with E-state index in [1.54, 1.807) is 54.1 Å². The van der Waals surface area contributed by atoms with E-state index < -0.39 is 5.97 Å². The Kier molecular flexibility index (Phi) is 6.97. The lowest BCUT2D eigenvalue weighted by Crippen LogP contribution is -2.24. The van der Waals surface area contributed by atoms with Gasteiger partial charge in [-0.2, -0.15) is 0 Å². The van der Waals surface area contributed by atoms with Crippen LogP contribution in [0.3, 0.4) is 0 Å². The number of amides is 2. The number of methoxy groups -OCH3 is 1. The molecular formula is C22H21N5O6S. The number of nitrogens with one attached hydrogen (secondary N) is 2. The molecule has 1 aliphatic rings. The minimum Gasteiger partial charge on any atom is -0.465 e. The molecule has 0 spiro atoms. The quantitative estimate of drug-likeness (QED) is 0.364. The van der Waals surface area contributed by atoms with Crippen molar-refractivity contribution >= 4 is 35.2 Å². The Morgan fingerprint density at radius 3 is 2.74 bits per heavy atom. The van der Waals surface area contributed by atoms with Crippen molar-refractivity contribution in [2.24, 2.45) is 7.05 Å². The highest BCUT2D eigenvalue weighted by Crippen LogP contribution is 2.32. The van der Waals surface area contributed by atoms with Gasteiger partial charge in [-0.3, -0.25) is 9.59 Å². The van der Waals surface area contributed by atoms with Crippen LogP contribution in [0.2, 0.25) is 0 Å². The van der Waals surface area contributed by atoms with Crippen LogP contribution in [0.4, 0.5) is 5.69 Å². The fourth-order valence-electron chi connectivity index (χ4n) is 3.12. The number of rotatable bonds is 8. The standard InChI is InChI=1S/C22H21N5O6S/c1-27-18(10-23-20(29)13-7-8-16-17(9-13)33-12-32-16)25-26-22(27)34-11-19(28)24-15-6-4-3-5-14(15)21(30)31-2/h3-9H,10-12H2,1-2H3,(H,23,29)(H,24,28). The molecule has 0 fully saturated rings. The number of hydrogen-bond donors (Lipinski definition) is 2. The highest BCUT2D eigenvalue weighted by Gasteiger charge is 2.18. The van der Waals surface area contributed by atoms with E-state index >= 15 is 0 Å². The lowest BCUT2D eigenvalue weighted by Gasteiger charge is -2.09. The van der Waals surface area contributed by atoms with Gasteiger partial charge in [0.25, 0.3) is 5.91 Å². The number of esters is 1. The number of thioether (sulfide) groups is 1. The maximum absolute atomic E-state index is 12.5. The molecule has 11 nitrogen and oxygen atoms in total. The maximum atomic E-state index is 12.5. The molecule has 34 heavy (non-hydrogen) atoms. The van der Waals surface area contributed by atoms with Crippen molar-refractivity contribution in [3.8, 4) is 11.5 Å². The zero-order valence-electron chi connectivity index (χ0n) is 18.4. The van der Waals surface area contributed by atoms with Gasteiger partial charge in [-0.15, -0.1) is 10.2 Å². The van der Waals surface area contributed by atoms with Crippen molar-refractivity contribution < 1.29 is 28.6 Å². The summed E-state index contributed by atoms with van der Waals surface area (Å²) in [5, 5.41) is 14.2. The molecule has 12 heteroatoms. The third-order valence-electron chi connectivity index (χ3n) is 4.91. The topological polar surface area (TPSA) is 134 Å². The second-order valence-electron chi connectivity index (χ2n) is 7.08. The Morgan fingerprint density at radius 1 is 1.12 bits per heavy atom. The summed E-state index contributed by atoms with van der Waals surface area (Å²) in [5.41, 5.74) is 1.07. The van der Waals surface area contributed by atoms with Crippen LogP contribution in [0.15, 0.2) is 47.6 Å². The van der Waals surface area contributed by atoms with Crippen LogP contribution in [0.1, 0.15) is 26.5 Å². The number of aromatic nitrogens is 3. The summed E-state index contributed by atoms with van der Waals surface area (Å²) in [5.74, 6) is 0.547. The number of fused-ring (bicyclic) bond motifs is 1. The van der Waals surface area contributed by atoms with Gasteiger partial charge in [-0.25, -0.2) is 4.79 Å². The van der Waals surface area contributed by atoms with E-state index in [1.165, 1.54) is 18.9 Å². The molecule has 0 unspecified atom stereocenters. The Bertz CT molecular complexity index is 1240. The molecule has 2 N–H and O–H groups in total. The van der Waals surface area contributed by atoms with Crippen molar-refractivity contribution in [3.63, 3.8) is 0 Å². The average molecular weight is 484 g/mol. The van der Waals surface area contributed by atoms with E-state index in [0.29, 0.717) is 33.7 Å². The van der Waals surface area contributed by atoms with Gasteiger partial charge in [-0.1, -0.05) is 23.9 Å². The summed E-state index contributed by atoms with van der Waals surface area (Å²) < 4.78 is 17.0. The van der Waals surface area contributed by atoms with Gasteiger partial charge in [0.1, 0.15) is 0 Å². The Balaban J connectivity index is 1.31. The number of para-hydroxylation sites is 1. The van der Waals surface area contributed by atoms with E-state index in [2.05, 4.69) is 20.8 Å². The molecule has 0 bridgehead atoms. The molecule has 2 amide bonds. The van der Waals surface area contributed by atoms with E-state index in [9.17, 15) is 14.4 Å². The third kappa shape index (κ3) is 5.12. The van der Waals surface area contributed by atoms with Gasteiger partial charge in [0.2, 0.25) is 12.7 Å². The molecule has 0 atom stereocenters. The Hall–Kier alpha value is -4.06. The van der Waals surface area contributed by atoms with Crippen LogP contribution in [-0.2, 0) is 23.1 Å². The lowest BCUT2D eigenvalue weighted by atomic mass is 10.2. The Labute approximate surface area is 198 Å². The predicted octanol–water partition coefficient (Wildman–Crippen LogP) is 1.99. The minimum absolute atomic E-state index is 0.0467. The summed E-state index contributed by atoms with van der Waals surface area (Å²) in [7, 11) is 3.02. The molecule has 0 radical (unpaired) electrons. The number of nitrogens with zero attached hydrogens (tertiary/aromatic N) is 3. The minimum atomic E-state index is -0.538. The van der Waals surface area contributed by atoms with E-state index in [0.717, 1.165) is 0 Å². The zero-order valence-corrected chi connectivity index (χ0v) is 19.2. The highest BCUT2D eigenvalue weighted by atomic mass is 32.2. The van der Waals surface area contributed by atoms with Crippen LogP contribution < -0.4 is 20.1 Å². The first-order valence-corrected chi connectivity index (χ1v) is 11.1. The summed E-state index contributed by atoms with van der Waals surface area (Å²) in [6.07, 6.45) is 0. The van der Waals surface area contributed by atoms with E-state index in [4.69, 9.17) is 14.2 Å². The fourth-order valence-corrected chi connectivity index (χ4v) is 3.85. The second kappa shape index (κ2) is 10.3. The molecule has 1 aliphatic heterocycles. The number of carbonyl (C=O) groups excluding carboxylic acids is 3. The first kappa shape index (κ1) is 23.1. The smallest absolute Gasteiger partial charge is 0.339 e. The van der Waals surface area contributed by atoms with Crippen LogP contribution >= 0.6 is 11.8 Å². The fraction of sp³-hybridized carbons (Fsp3) is 0.227. The van der Waals surface area contributed by atoms with Gasteiger partial charge in [0, 0.05) is 12.6 Å². The molecule has 0 aliphatic carbocycles. The largest absolute Gasteiger partial charge is 0.465 e. The number of anilines is 1. The maximum Gasteiger partial charge on any atom is 0.339 e. The molecule has 3 aromatic rings. The molecule has 4 rings (SSSR count). The second-order valence-corrected chi connectivity index (χ2v) is 8.03. The Morgan fingerprint density at radius 2 is 1.91 bits per heavy atom. The van der Waals surface area contributed by atoms with Crippen molar-refractivity contribution in [1.29, 1.82) is 0 Å². The number of carbonyl (C=O) groups is 3. The van der Waals surface area contributed by atoms with Crippen molar-refractivity contribution in [2.45, 2.75) is 11.7 Å². The first-order valence-electron chi connectivity index (χ1n) is 10.1. The highest BCUT2D eigenvalue weighted by molar-refractivity contribution is 7.99. The molecule has 0 saturated carbocycles. The number of ether oxygens (including phenoxy) is 3. The van der Waals surface area contributed by atoms with E-state index in [-0.39, 0.29) is 36.5 Å². The normalized spacial score (nSPS) is 11.7. The SMILES string of the molecule is COC(=O)c1ccccc1NC(=O)CSc1nnc(CNC(=O)c2ccc3c(c2)OCO3)n1C. The van der Waals surface area contributed by atoms with E-state index in [1.807, 2.05) is 0 Å². The van der Waals surface area contributed by atoms with Gasteiger partial charge in [0.15, 0.2) is 22.5 Å². The summed E-state index contributed by atoms with van der Waals surface area (Å²) in [6.45, 7) is 0.283. The zero-order chi connectivity index (χ0) is 24.1. The van der Waals surface area contributed by atoms with Crippen molar-refractivity contribution in [1.82, 2.24) is 20.1 Å². The third-order valence-corrected chi connectivity index (χ3v) is 5.93. The summed E-state index contributed by atoms with van der Waals surface area (Å²) in [6, 6.07) is 11.5. The lowest BCUT2D eigenvalue weighted by molar-refractivity contribution is -0.113. The molecular weight excluding hydrogens is 462 g/mol. The van der Waals surface area contributed by atoms with Crippen LogP contribution in [0, 0.1) is 0 Å². The van der Waals surface area contributed by atoms with Gasteiger partial charge in [0.05, 0.1) is 30.7 Å². The average Bonchev–Trinajstić information content (AvgIpc) is 3.46. The van der Waals surface area contributed by atoms with Crippen LogP contribution in [0.5, 0.6) is 11.5 Å².